The second-order valence-electron chi connectivity index (χ2n) is 14.4. The van der Waals surface area contributed by atoms with Crippen LogP contribution < -0.4 is 9.74 Å². The van der Waals surface area contributed by atoms with Crippen LogP contribution in [0.25, 0.3) is 11.1 Å². The van der Waals surface area contributed by atoms with Gasteiger partial charge in [0.25, 0.3) is 16.8 Å². The zero-order chi connectivity index (χ0) is 40.8. The number of fused-ring (bicyclic) bond motifs is 3. The smallest absolute Gasteiger partial charge is 0.343 e. The molecule has 0 bridgehead atoms. The molecule has 3 unspecified atom stereocenters. The lowest BCUT2D eigenvalue weighted by Crippen LogP contribution is -2.52. The van der Waals surface area contributed by atoms with Gasteiger partial charge in [0.15, 0.2) is 5.60 Å². The molecule has 0 N–H and O–H groups in total. The van der Waals surface area contributed by atoms with Crippen LogP contribution in [0.1, 0.15) is 81.3 Å². The first-order valence-electron chi connectivity index (χ1n) is 19.3. The molecule has 1 spiro atoms. The largest absolute Gasteiger partial charge is 0.464 e. The molecule has 12 nitrogen and oxygen atoms in total. The Bertz CT molecular complexity index is 2170. The molecule has 13 heteroatoms. The molecule has 7 rings (SSSR count). The summed E-state index contributed by atoms with van der Waals surface area (Å²) in [5, 5.41) is 10.6. The third-order valence-corrected chi connectivity index (χ3v) is 12.6. The van der Waals surface area contributed by atoms with E-state index in [4.69, 9.17) is 27.9 Å². The van der Waals surface area contributed by atoms with Crippen LogP contribution in [0.3, 0.4) is 0 Å². The highest BCUT2D eigenvalue weighted by Crippen LogP contribution is 2.47. The van der Waals surface area contributed by atoms with Crippen LogP contribution >= 0.6 is 0 Å². The summed E-state index contributed by atoms with van der Waals surface area (Å²) in [6.45, 7) is 11.0. The van der Waals surface area contributed by atoms with Gasteiger partial charge in [0.2, 0.25) is 5.79 Å². The summed E-state index contributed by atoms with van der Waals surface area (Å²) in [4.78, 5) is 36.6. The molecule has 4 aromatic rings. The fourth-order valence-corrected chi connectivity index (χ4v) is 8.80. The number of carbonyl (C=O) groups is 2. The van der Waals surface area contributed by atoms with Crippen LogP contribution in [0, 0.1) is 16.7 Å². The van der Waals surface area contributed by atoms with Gasteiger partial charge in [-0.25, -0.2) is 4.79 Å². The maximum atomic E-state index is 14.4. The Morgan fingerprint density at radius 1 is 0.947 bits per heavy atom. The van der Waals surface area contributed by atoms with Gasteiger partial charge >= 0.3 is 5.97 Å². The summed E-state index contributed by atoms with van der Waals surface area (Å²) in [5.41, 5.74) is 1.46. The van der Waals surface area contributed by atoms with E-state index < -0.39 is 40.4 Å². The molecule has 0 radical (unpaired) electrons. The van der Waals surface area contributed by atoms with Crippen molar-refractivity contribution < 1.29 is 36.9 Å². The Morgan fingerprint density at radius 2 is 1.58 bits per heavy atom. The zero-order valence-electron chi connectivity index (χ0n) is 32.9. The number of rotatable bonds is 12. The normalized spacial score (nSPS) is 19.5. The van der Waals surface area contributed by atoms with E-state index in [-0.39, 0.29) is 49.1 Å². The molecule has 1 saturated heterocycles. The van der Waals surface area contributed by atoms with Gasteiger partial charge in [0, 0.05) is 36.9 Å². The number of aromatic nitrogens is 1. The monoisotopic (exact) mass is 795 g/mol. The van der Waals surface area contributed by atoms with Gasteiger partial charge in [-0.15, -0.1) is 0 Å². The van der Waals surface area contributed by atoms with Gasteiger partial charge in [-0.3, -0.25) is 4.79 Å². The molecule has 0 aliphatic carbocycles. The number of esters is 1. The molecular formula is C44H49N3O9S. The standard InChI is InChI=1S/C43H47N3O8S.CH2O/c1-5-41(6-2)28-51-43(52-29-41)22-23-45-37(43)25-36(35(26-44)39(45)47)42(7-3,40(48)50-8-4)53-38-24-32-16-12-13-17-33(32)27-46(38)55(49)54-34-20-18-31(19-21-34)30-14-10-9-11-15-30;1-2/h9-21,25,38H,5-8,22-24,27-29H2,1-4H3;1H2. The third-order valence-electron chi connectivity index (χ3n) is 11.5. The minimum atomic E-state index is -2.10. The minimum Gasteiger partial charge on any atom is -0.464 e. The maximum Gasteiger partial charge on any atom is 0.343 e. The fraction of sp³-hybridized carbons (Fsp3) is 0.409. The van der Waals surface area contributed by atoms with Crippen molar-refractivity contribution in [1.29, 1.82) is 5.26 Å². The zero-order valence-corrected chi connectivity index (χ0v) is 33.7. The number of nitriles is 1. The van der Waals surface area contributed by atoms with Gasteiger partial charge in [-0.1, -0.05) is 87.5 Å². The van der Waals surface area contributed by atoms with Crippen molar-refractivity contribution in [1.82, 2.24) is 8.87 Å². The first-order chi connectivity index (χ1) is 27.6. The molecule has 300 valence electrons. The summed E-state index contributed by atoms with van der Waals surface area (Å²) in [6.07, 6.45) is 1.33. The predicted molar refractivity (Wildman–Crippen MR) is 214 cm³/mol. The van der Waals surface area contributed by atoms with Crippen LogP contribution in [0.5, 0.6) is 5.75 Å². The lowest BCUT2D eigenvalue weighted by atomic mass is 9.82. The minimum absolute atomic E-state index is 0.00662. The lowest BCUT2D eigenvalue weighted by molar-refractivity contribution is -0.313. The van der Waals surface area contributed by atoms with Crippen molar-refractivity contribution >= 4 is 24.0 Å². The fourth-order valence-electron chi connectivity index (χ4n) is 7.87. The van der Waals surface area contributed by atoms with Crippen molar-refractivity contribution in [3.05, 3.63) is 123 Å². The molecule has 1 fully saturated rings. The Hall–Kier alpha value is -4.97. The Kier molecular flexibility index (Phi) is 12.9. The summed E-state index contributed by atoms with van der Waals surface area (Å²) in [5.74, 6) is -1.62. The summed E-state index contributed by atoms with van der Waals surface area (Å²) < 4.78 is 49.0. The van der Waals surface area contributed by atoms with Crippen LogP contribution in [0.2, 0.25) is 0 Å². The van der Waals surface area contributed by atoms with Gasteiger partial charge in [-0.05, 0) is 66.6 Å². The van der Waals surface area contributed by atoms with Crippen molar-refractivity contribution in [2.45, 2.75) is 90.5 Å². The number of pyridine rings is 1. The first kappa shape index (κ1) is 41.7. The quantitative estimate of drug-likeness (QED) is 0.140. The van der Waals surface area contributed by atoms with E-state index in [0.717, 1.165) is 35.1 Å². The second-order valence-corrected chi connectivity index (χ2v) is 15.5. The Labute approximate surface area is 336 Å². The summed E-state index contributed by atoms with van der Waals surface area (Å²) in [6, 6.07) is 28.7. The topological polar surface area (TPSA) is 146 Å². The van der Waals surface area contributed by atoms with Crippen LogP contribution in [-0.2, 0) is 70.7 Å². The Morgan fingerprint density at radius 3 is 2.19 bits per heavy atom. The second kappa shape index (κ2) is 17.7. The molecule has 3 atom stereocenters. The van der Waals surface area contributed by atoms with E-state index in [1.165, 1.54) is 4.57 Å². The van der Waals surface area contributed by atoms with Crippen LogP contribution in [0.15, 0.2) is 89.7 Å². The highest BCUT2D eigenvalue weighted by Gasteiger charge is 2.53. The molecule has 3 aliphatic heterocycles. The van der Waals surface area contributed by atoms with Gasteiger partial charge in [-0.2, -0.15) is 13.8 Å². The number of carbonyl (C=O) groups excluding carboxylic acids is 2. The molecule has 3 aliphatic rings. The number of nitrogens with zero attached hydrogens (tertiary/aromatic N) is 3. The predicted octanol–water partition coefficient (Wildman–Crippen LogP) is 6.84. The molecule has 57 heavy (non-hydrogen) atoms. The SMILES string of the molecule is C=O.CCOC(=O)C(CC)(OC1Cc2ccccc2CN1S(=O)Oc1ccc(-c2ccccc2)cc1)c1cc2n(c(=O)c1C#N)CCC21OCC(CC)(CC)CO1. The highest BCUT2D eigenvalue weighted by atomic mass is 32.2. The molecule has 4 heterocycles. The van der Waals surface area contributed by atoms with E-state index in [1.54, 1.807) is 36.4 Å². The van der Waals surface area contributed by atoms with Crippen LogP contribution in [0.4, 0.5) is 0 Å². The maximum absolute atomic E-state index is 14.4. The van der Waals surface area contributed by atoms with Crippen molar-refractivity contribution in [2.75, 3.05) is 19.8 Å². The summed E-state index contributed by atoms with van der Waals surface area (Å²) in [7, 11) is 0. The molecule has 3 aromatic carbocycles. The average molecular weight is 796 g/mol. The van der Waals surface area contributed by atoms with Gasteiger partial charge in [0.1, 0.15) is 30.4 Å². The lowest BCUT2D eigenvalue weighted by Gasteiger charge is -2.44. The molecule has 0 saturated carbocycles. The number of ether oxygens (including phenoxy) is 4. The van der Waals surface area contributed by atoms with E-state index in [2.05, 4.69) is 19.9 Å². The summed E-state index contributed by atoms with van der Waals surface area (Å²) >= 11 is -2.10. The first-order valence-corrected chi connectivity index (χ1v) is 20.4. The van der Waals surface area contributed by atoms with E-state index in [1.807, 2.05) is 73.5 Å². The highest BCUT2D eigenvalue weighted by molar-refractivity contribution is 7.78. The van der Waals surface area contributed by atoms with Crippen molar-refractivity contribution in [3.8, 4) is 22.9 Å². The Balaban J connectivity index is 0.00000270. The van der Waals surface area contributed by atoms with E-state index in [0.29, 0.717) is 31.1 Å². The van der Waals surface area contributed by atoms with Crippen LogP contribution in [-0.4, -0.2) is 51.9 Å². The molecule has 1 aromatic heterocycles. The van der Waals surface area contributed by atoms with Gasteiger partial charge < -0.3 is 32.5 Å². The third kappa shape index (κ3) is 7.85. The number of hydrogen-bond acceptors (Lipinski definition) is 10. The number of benzene rings is 3. The van der Waals surface area contributed by atoms with Crippen molar-refractivity contribution in [3.63, 3.8) is 0 Å². The average Bonchev–Trinajstić information content (AvgIpc) is 3.62. The van der Waals surface area contributed by atoms with Crippen molar-refractivity contribution in [2.24, 2.45) is 5.41 Å². The molecule has 0 amide bonds. The number of hydrogen-bond donors (Lipinski definition) is 0. The van der Waals surface area contributed by atoms with E-state index in [9.17, 15) is 19.1 Å². The molecular weight excluding hydrogens is 747 g/mol. The van der Waals surface area contributed by atoms with E-state index >= 15 is 0 Å². The van der Waals surface area contributed by atoms with Gasteiger partial charge in [0.05, 0.1) is 25.5 Å².